The molecule has 4 aliphatic carbocycles. The molecule has 5 aromatic carbocycles. The molecule has 23 nitrogen and oxygen atoms in total. The second-order valence-corrected chi connectivity index (χ2v) is 26.3. The Morgan fingerprint density at radius 2 is 0.876 bits per heavy atom. The highest BCUT2D eigenvalue weighted by molar-refractivity contribution is 6.02. The summed E-state index contributed by atoms with van der Waals surface area (Å²) in [5.74, 6) is -9.39. The third-order valence-electron chi connectivity index (χ3n) is 19.2. The Hall–Kier alpha value is -9.16. The molecule has 2 aliphatic heterocycles. The van der Waals surface area contributed by atoms with E-state index in [0.29, 0.717) is 39.1 Å². The molecule has 5 aromatic rings. The summed E-state index contributed by atoms with van der Waals surface area (Å²) in [5, 5.41) is 27.8. The van der Waals surface area contributed by atoms with Gasteiger partial charge in [-0.05, 0) is 73.1 Å². The van der Waals surface area contributed by atoms with Gasteiger partial charge in [0, 0.05) is 99.0 Å². The van der Waals surface area contributed by atoms with Crippen molar-refractivity contribution in [1.82, 2.24) is 41.7 Å². The topological polar surface area (TPSA) is 307 Å². The monoisotopic (exact) mass is 1330 g/mol. The van der Waals surface area contributed by atoms with Crippen LogP contribution in [0.3, 0.4) is 0 Å². The summed E-state index contributed by atoms with van der Waals surface area (Å²) < 4.78 is 22.4. The van der Waals surface area contributed by atoms with Crippen LogP contribution in [-0.4, -0.2) is 190 Å². The van der Waals surface area contributed by atoms with Crippen molar-refractivity contribution in [3.05, 3.63) is 173 Å². The molecular formula is C74H86N8O15. The van der Waals surface area contributed by atoms with Crippen LogP contribution in [0, 0.1) is 29.6 Å². The Labute approximate surface area is 563 Å². The first kappa shape index (κ1) is 69.2. The standard InChI is InChI=1S/C74H86N8O15/c1-45(84)24-26-94-28-30-96-31-29-95-27-25-75-68(87)51(43-83)32-52(85)38-76-67(86)44-97-66-33-50(73(92)81-39-58(69(88)77-62-34-54(62)46-14-6-2-7-15-46)59(40-81)70(89)78-63-35-55(63)47-16-8-3-9-17-47)22-23-53(66)74(93)82-41-60(71(90)79-64-36-56(64)48-18-10-4-11-19-48)61(42-82)72(91)80-65-37-57(65)49-20-12-5-13-21-49/h2-23,33,51,54-65,83H,24-32,34-44H2,1H3,(H,75,87)(H,76,86)(H,77,88)(H,78,89)(H,79,90)(H,80,91)/t51-,54+,55+,56+,57+,58+,59+,60+,61+,62-,63-,64-,65-/m0/s1. The van der Waals surface area contributed by atoms with Crippen LogP contribution in [0.1, 0.15) is 112 Å². The average molecular weight is 1330 g/mol. The predicted molar refractivity (Wildman–Crippen MR) is 355 cm³/mol. The number of ether oxygens (including phenoxy) is 4. The largest absolute Gasteiger partial charge is 0.483 e. The highest BCUT2D eigenvalue weighted by Gasteiger charge is 2.51. The van der Waals surface area contributed by atoms with Crippen molar-refractivity contribution in [3.8, 4) is 5.75 Å². The van der Waals surface area contributed by atoms with Crippen LogP contribution >= 0.6 is 0 Å². The Kier molecular flexibility index (Phi) is 23.3. The van der Waals surface area contributed by atoms with E-state index < -0.39 is 85.2 Å². The zero-order chi connectivity index (χ0) is 68.0. The predicted octanol–water partition coefficient (Wildman–Crippen LogP) is 3.96. The normalized spacial score (nSPS) is 24.4. The fraction of sp³-hybridized carbons (Fsp3) is 0.459. The highest BCUT2D eigenvalue weighted by Crippen LogP contribution is 2.45. The number of rotatable bonds is 35. The van der Waals surface area contributed by atoms with Gasteiger partial charge < -0.3 is 65.8 Å². The molecule has 0 radical (unpaired) electrons. The molecule has 0 aromatic heterocycles. The number of aliphatic hydroxyl groups excluding tert-OH is 1. The summed E-state index contributed by atoms with van der Waals surface area (Å²) in [6, 6.07) is 42.7. The number of carbonyl (C=O) groups is 10. The number of Topliss-reactive ketones (excluding diaryl/α,β-unsaturated/α-hetero) is 2. The molecule has 512 valence electrons. The number of nitrogens with one attached hydrogen (secondary N) is 6. The van der Waals surface area contributed by atoms with Gasteiger partial charge in [-0.15, -0.1) is 0 Å². The summed E-state index contributed by atoms with van der Waals surface area (Å²) in [6.07, 6.45) is 2.77. The van der Waals surface area contributed by atoms with Crippen molar-refractivity contribution in [2.75, 3.05) is 92.1 Å². The molecule has 13 atom stereocenters. The third-order valence-corrected chi connectivity index (χ3v) is 19.2. The van der Waals surface area contributed by atoms with Crippen LogP contribution < -0.4 is 36.6 Å². The first-order valence-corrected chi connectivity index (χ1v) is 33.8. The fourth-order valence-electron chi connectivity index (χ4n) is 13.3. The van der Waals surface area contributed by atoms with Crippen LogP contribution in [0.4, 0.5) is 0 Å². The zero-order valence-corrected chi connectivity index (χ0v) is 54.5. The van der Waals surface area contributed by atoms with E-state index in [1.165, 1.54) is 34.9 Å². The number of hydrogen-bond donors (Lipinski definition) is 7. The molecular weight excluding hydrogens is 1240 g/mol. The number of hydrogen-bond acceptors (Lipinski definition) is 15. The number of likely N-dealkylation sites (tertiary alicyclic amines) is 2. The number of nitrogens with zero attached hydrogens (tertiary/aromatic N) is 2. The first-order chi connectivity index (χ1) is 47.1. The molecule has 4 saturated carbocycles. The molecule has 7 N–H and O–H groups in total. The maximum absolute atomic E-state index is 15.1. The lowest BCUT2D eigenvalue weighted by Gasteiger charge is -2.21. The average Bonchev–Trinajstić information content (AvgIpc) is 1.66. The van der Waals surface area contributed by atoms with Crippen LogP contribution in [0.25, 0.3) is 0 Å². The molecule has 6 fully saturated rings. The first-order valence-electron chi connectivity index (χ1n) is 33.8. The second-order valence-electron chi connectivity index (χ2n) is 26.3. The number of carbonyl (C=O) groups excluding carboxylic acids is 10. The molecule has 0 spiro atoms. The molecule has 97 heavy (non-hydrogen) atoms. The summed E-state index contributed by atoms with van der Waals surface area (Å²) in [6.45, 7) is 0.658. The van der Waals surface area contributed by atoms with Gasteiger partial charge in [0.25, 0.3) is 17.7 Å². The quantitative estimate of drug-likeness (QED) is 0.0283. The number of aliphatic hydroxyl groups is 1. The Morgan fingerprint density at radius 1 is 0.485 bits per heavy atom. The smallest absolute Gasteiger partial charge is 0.258 e. The summed E-state index contributed by atoms with van der Waals surface area (Å²) in [7, 11) is 0. The van der Waals surface area contributed by atoms with Gasteiger partial charge in [0.15, 0.2) is 12.4 Å². The van der Waals surface area contributed by atoms with Crippen LogP contribution in [0.5, 0.6) is 5.75 Å². The summed E-state index contributed by atoms with van der Waals surface area (Å²) in [5.41, 5.74) is 4.22. The van der Waals surface area contributed by atoms with E-state index in [0.717, 1.165) is 35.1 Å². The molecule has 0 bridgehead atoms. The van der Waals surface area contributed by atoms with E-state index >= 15 is 4.79 Å². The minimum absolute atomic E-state index is 0.000105. The van der Waals surface area contributed by atoms with Crippen LogP contribution in [0.15, 0.2) is 140 Å². The van der Waals surface area contributed by atoms with Crippen molar-refractivity contribution in [1.29, 1.82) is 0 Å². The van der Waals surface area contributed by atoms with Gasteiger partial charge in [0.2, 0.25) is 29.5 Å². The van der Waals surface area contributed by atoms with Gasteiger partial charge in [0.05, 0.1) is 87.9 Å². The minimum Gasteiger partial charge on any atom is -0.483 e. The van der Waals surface area contributed by atoms with Gasteiger partial charge in [-0.3, -0.25) is 47.9 Å². The number of ketones is 2. The molecule has 2 heterocycles. The third kappa shape index (κ3) is 18.7. The molecule has 11 rings (SSSR count). The summed E-state index contributed by atoms with van der Waals surface area (Å²) in [4.78, 5) is 141. The van der Waals surface area contributed by atoms with E-state index in [2.05, 4.69) is 31.9 Å². The Balaban J connectivity index is 0.770. The molecule has 23 heteroatoms. The number of benzene rings is 5. The van der Waals surface area contributed by atoms with E-state index in [4.69, 9.17) is 18.9 Å². The van der Waals surface area contributed by atoms with Gasteiger partial charge >= 0.3 is 0 Å². The number of amides is 8. The summed E-state index contributed by atoms with van der Waals surface area (Å²) >= 11 is 0. The van der Waals surface area contributed by atoms with E-state index in [1.807, 2.05) is 121 Å². The van der Waals surface area contributed by atoms with E-state index in [9.17, 15) is 48.3 Å². The lowest BCUT2D eigenvalue weighted by molar-refractivity contribution is -0.133. The lowest BCUT2D eigenvalue weighted by atomic mass is 9.94. The van der Waals surface area contributed by atoms with Gasteiger partial charge in [-0.2, -0.15) is 0 Å². The van der Waals surface area contributed by atoms with Crippen molar-refractivity contribution in [2.45, 2.75) is 93.3 Å². The van der Waals surface area contributed by atoms with Crippen molar-refractivity contribution >= 4 is 58.8 Å². The highest BCUT2D eigenvalue weighted by atomic mass is 16.5. The van der Waals surface area contributed by atoms with Crippen LogP contribution in [0.2, 0.25) is 0 Å². The maximum Gasteiger partial charge on any atom is 0.258 e. The lowest BCUT2D eigenvalue weighted by Crippen LogP contribution is -2.43. The van der Waals surface area contributed by atoms with Gasteiger partial charge in [-0.25, -0.2) is 0 Å². The molecule has 8 amide bonds. The zero-order valence-electron chi connectivity index (χ0n) is 54.5. The van der Waals surface area contributed by atoms with E-state index in [1.54, 1.807) is 0 Å². The van der Waals surface area contributed by atoms with Gasteiger partial charge in [0.1, 0.15) is 11.5 Å². The van der Waals surface area contributed by atoms with Crippen LogP contribution in [-0.2, 0) is 52.6 Å². The maximum atomic E-state index is 15.1. The SMILES string of the molecule is CC(=O)CCOCCOCCOCCNC(=O)[C@H](CO)CC(=O)CNC(=O)COc1cc(C(=O)N2C[C@@H](C(=O)N[C@H]3C[C@@H]3c3ccccc3)[C@H](C(=O)N[C@H]3C[C@@H]3c3ccccc3)C2)ccc1C(=O)N1C[C@@H](C(=O)N[C@H]2C[C@@H]2c2ccccc2)[C@H](C(=O)N[C@H]2C[C@@H]2c2ccccc2)C1. The Bertz CT molecular complexity index is 3470. The van der Waals surface area contributed by atoms with Crippen molar-refractivity contribution in [2.24, 2.45) is 29.6 Å². The molecule has 2 saturated heterocycles. The Morgan fingerprint density at radius 3 is 1.28 bits per heavy atom. The second kappa shape index (κ2) is 32.7. The van der Waals surface area contributed by atoms with E-state index in [-0.39, 0.29) is 147 Å². The van der Waals surface area contributed by atoms with Gasteiger partial charge in [-0.1, -0.05) is 121 Å². The fourth-order valence-corrected chi connectivity index (χ4v) is 13.3. The molecule has 6 aliphatic rings. The van der Waals surface area contributed by atoms with Crippen molar-refractivity contribution in [3.63, 3.8) is 0 Å². The van der Waals surface area contributed by atoms with Crippen molar-refractivity contribution < 1.29 is 72.0 Å². The molecule has 0 unspecified atom stereocenters. The minimum atomic E-state index is -1.14.